The van der Waals surface area contributed by atoms with Crippen LogP contribution in [0.25, 0.3) is 0 Å². The molecule has 1 spiro atoms. The Morgan fingerprint density at radius 1 is 1.02 bits per heavy atom. The van der Waals surface area contributed by atoms with Crippen LogP contribution in [0.3, 0.4) is 0 Å². The minimum Gasteiger partial charge on any atom is -0.490 e. The largest absolute Gasteiger partial charge is 0.490 e. The summed E-state index contributed by atoms with van der Waals surface area (Å²) in [6.07, 6.45) is 7.80. The molecule has 0 amide bonds. The monoisotopic (exact) mass is 870 g/mol. The second-order valence-corrected chi connectivity index (χ2v) is 25.1. The van der Waals surface area contributed by atoms with Crippen molar-refractivity contribution in [3.63, 3.8) is 0 Å². The highest BCUT2D eigenvalue weighted by molar-refractivity contribution is 7.89. The van der Waals surface area contributed by atoms with Crippen LogP contribution >= 0.6 is 11.6 Å². The van der Waals surface area contributed by atoms with Gasteiger partial charge in [-0.3, -0.25) is 0 Å². The fourth-order valence-electron chi connectivity index (χ4n) is 9.97. The van der Waals surface area contributed by atoms with E-state index in [2.05, 4.69) is 62.1 Å². The average molecular weight is 872 g/mol. The van der Waals surface area contributed by atoms with E-state index in [1.165, 1.54) is 11.1 Å². The molecular formula is C48H59ClN2O7SSi. The number of anilines is 1. The summed E-state index contributed by atoms with van der Waals surface area (Å²) in [7, 11) is -6.77. The van der Waals surface area contributed by atoms with Gasteiger partial charge in [-0.25, -0.2) is 18.4 Å². The molecular weight excluding hydrogens is 812 g/mol. The summed E-state index contributed by atoms with van der Waals surface area (Å²) < 4.78 is 39.0. The molecule has 4 aromatic carbocycles. The quantitative estimate of drug-likeness (QED) is 0.0866. The fraction of sp³-hybridized carbons (Fsp3) is 0.438. The lowest BCUT2D eigenvalue weighted by molar-refractivity contribution is 0.0453. The molecule has 3 aliphatic rings. The molecule has 60 heavy (non-hydrogen) atoms. The zero-order valence-corrected chi connectivity index (χ0v) is 37.7. The first-order valence-corrected chi connectivity index (χ1v) is 25.1. The van der Waals surface area contributed by atoms with Crippen LogP contribution in [-0.2, 0) is 26.3 Å². The number of aliphatic hydroxyl groups excluding tert-OH is 1. The summed E-state index contributed by atoms with van der Waals surface area (Å²) in [6.45, 7) is 10.2. The van der Waals surface area contributed by atoms with Crippen LogP contribution in [0, 0.1) is 17.8 Å². The molecule has 6 atom stereocenters. The Labute approximate surface area is 361 Å². The molecule has 1 aliphatic heterocycles. The zero-order chi connectivity index (χ0) is 42.9. The van der Waals surface area contributed by atoms with Gasteiger partial charge in [-0.2, -0.15) is 0 Å². The molecule has 12 heteroatoms. The Kier molecular flexibility index (Phi) is 13.1. The second kappa shape index (κ2) is 17.8. The van der Waals surface area contributed by atoms with Crippen LogP contribution in [0.4, 0.5) is 5.69 Å². The number of aromatic carboxylic acids is 1. The van der Waals surface area contributed by atoms with Gasteiger partial charge in [0.25, 0.3) is 8.32 Å². The number of carboxylic acids is 1. The third-order valence-corrected chi connectivity index (χ3v) is 19.9. The van der Waals surface area contributed by atoms with Gasteiger partial charge >= 0.3 is 5.97 Å². The fourth-order valence-corrected chi connectivity index (χ4v) is 15.3. The van der Waals surface area contributed by atoms with Crippen LogP contribution in [0.5, 0.6) is 5.75 Å². The Morgan fingerprint density at radius 2 is 1.70 bits per heavy atom. The van der Waals surface area contributed by atoms with Crippen molar-refractivity contribution >= 4 is 52.0 Å². The average Bonchev–Trinajstić information content (AvgIpc) is 3.35. The highest BCUT2D eigenvalue weighted by atomic mass is 35.5. The van der Waals surface area contributed by atoms with E-state index in [0.717, 1.165) is 48.2 Å². The summed E-state index contributed by atoms with van der Waals surface area (Å²) in [5.74, 6) is -0.635. The van der Waals surface area contributed by atoms with Crippen molar-refractivity contribution in [3.05, 3.63) is 131 Å². The third-order valence-electron chi connectivity index (χ3n) is 13.4. The molecule has 1 saturated carbocycles. The van der Waals surface area contributed by atoms with Gasteiger partial charge in [0.2, 0.25) is 10.0 Å². The van der Waals surface area contributed by atoms with Crippen molar-refractivity contribution in [2.24, 2.45) is 22.9 Å². The van der Waals surface area contributed by atoms with E-state index in [-0.39, 0.29) is 46.8 Å². The molecule has 1 fully saturated rings. The Bertz CT molecular complexity index is 2250. The number of primary sulfonamides is 1. The molecule has 0 bridgehead atoms. The molecule has 9 nitrogen and oxygen atoms in total. The van der Waals surface area contributed by atoms with Crippen molar-refractivity contribution in [1.82, 2.24) is 0 Å². The standard InChI is InChI=1S/C48H59ClN2O7SSi/c1-33(59(50,55)56)26-34(30-58-60(47(2,3)4,39-13-7-5-8-14-39)40-15-9-6-10-16-40)17-23-44(52)41-21-18-37(41)29-51-31-48(25-11-12-35-27-38(49)20-22-42(35)48)32-57-45-24-19-36(46(53)54)28-43(45)51/h5-10,13-17,19-20,22-24,27-28,33-34,37,41,44,52H,11-12,18,21,25-26,29-32H2,1-4H3,(H,53,54)(H2,50,55,56)/b23-17+/t33-,34-,37-,41+,44-,48-/m0/s1. The highest BCUT2D eigenvalue weighted by Gasteiger charge is 2.50. The molecule has 0 saturated heterocycles. The molecule has 0 radical (unpaired) electrons. The lowest BCUT2D eigenvalue weighted by Gasteiger charge is -2.45. The van der Waals surface area contributed by atoms with Gasteiger partial charge in [0, 0.05) is 36.1 Å². The van der Waals surface area contributed by atoms with Crippen LogP contribution in [-0.4, -0.2) is 70.6 Å². The number of aryl methyl sites for hydroxylation is 1. The topological polar surface area (TPSA) is 139 Å². The van der Waals surface area contributed by atoms with E-state index in [1.807, 2.05) is 54.6 Å². The van der Waals surface area contributed by atoms with E-state index in [0.29, 0.717) is 30.5 Å². The molecule has 4 aromatic rings. The highest BCUT2D eigenvalue weighted by Crippen LogP contribution is 2.47. The first-order valence-electron chi connectivity index (χ1n) is 21.2. The van der Waals surface area contributed by atoms with E-state index < -0.39 is 35.7 Å². The number of carbonyl (C=O) groups is 1. The summed E-state index contributed by atoms with van der Waals surface area (Å²) in [5.41, 5.74) is 3.07. The van der Waals surface area contributed by atoms with Gasteiger partial charge in [-0.05, 0) is 114 Å². The van der Waals surface area contributed by atoms with E-state index in [4.69, 9.17) is 25.9 Å². The summed E-state index contributed by atoms with van der Waals surface area (Å²) >= 11 is 6.46. The number of sulfonamides is 1. The maximum Gasteiger partial charge on any atom is 0.335 e. The van der Waals surface area contributed by atoms with Crippen molar-refractivity contribution in [2.45, 2.75) is 88.0 Å². The van der Waals surface area contributed by atoms with Crippen molar-refractivity contribution in [3.8, 4) is 5.75 Å². The maximum absolute atomic E-state index is 12.6. The zero-order valence-electron chi connectivity index (χ0n) is 35.1. The van der Waals surface area contributed by atoms with Crippen LogP contribution < -0.4 is 25.1 Å². The number of aliphatic hydroxyl groups is 1. The molecule has 7 rings (SSSR count). The number of halogens is 1. The molecule has 0 unspecified atom stereocenters. The van der Waals surface area contributed by atoms with Crippen LogP contribution in [0.2, 0.25) is 10.1 Å². The number of ether oxygens (including phenoxy) is 1. The smallest absolute Gasteiger partial charge is 0.335 e. The normalized spacial score (nSPS) is 22.2. The Morgan fingerprint density at radius 3 is 2.30 bits per heavy atom. The minimum atomic E-state index is -3.83. The van der Waals surface area contributed by atoms with Gasteiger partial charge in [0.15, 0.2) is 0 Å². The number of hydrogen-bond donors (Lipinski definition) is 3. The van der Waals surface area contributed by atoms with Crippen molar-refractivity contribution in [2.75, 3.05) is 31.2 Å². The third kappa shape index (κ3) is 9.13. The summed E-state index contributed by atoms with van der Waals surface area (Å²) in [6, 6.07) is 31.9. The predicted molar refractivity (Wildman–Crippen MR) is 243 cm³/mol. The van der Waals surface area contributed by atoms with Gasteiger partial charge in [0.1, 0.15) is 5.75 Å². The molecule has 0 aromatic heterocycles. The molecule has 1 heterocycles. The first kappa shape index (κ1) is 44.1. The van der Waals surface area contributed by atoms with Gasteiger partial charge in [-0.15, -0.1) is 0 Å². The number of fused-ring (bicyclic) bond motifs is 3. The van der Waals surface area contributed by atoms with E-state index in [1.54, 1.807) is 25.1 Å². The number of rotatable bonds is 14. The Hall–Kier alpha value is -3.97. The van der Waals surface area contributed by atoms with Crippen LogP contribution in [0.1, 0.15) is 81.3 Å². The number of nitrogens with zero attached hydrogens (tertiary/aromatic N) is 1. The summed E-state index contributed by atoms with van der Waals surface area (Å²) in [4.78, 5) is 14.5. The lowest BCUT2D eigenvalue weighted by Crippen LogP contribution is -2.66. The number of benzene rings is 4. The SMILES string of the molecule is C[C@@H](C[C@H](/C=C/[C@H](O)[C@@H]1CC[C@H]1CN1C[C@@]2(CCCc3cc(Cl)ccc32)COc2ccc(C(=O)O)cc21)CO[Si](c1ccccc1)(c1ccccc1)C(C)(C)C)S(N)(=O)=O. The van der Waals surface area contributed by atoms with Gasteiger partial charge in [0.05, 0.1) is 29.2 Å². The minimum absolute atomic E-state index is 0.0566. The number of carboxylic acid groups (broad SMARTS) is 1. The lowest BCUT2D eigenvalue weighted by atomic mass is 9.68. The van der Waals surface area contributed by atoms with Crippen LogP contribution in [0.15, 0.2) is 109 Å². The predicted octanol–water partition coefficient (Wildman–Crippen LogP) is 7.71. The number of nitrogens with two attached hydrogens (primary N) is 1. The van der Waals surface area contributed by atoms with Crippen molar-refractivity contribution in [1.29, 1.82) is 0 Å². The van der Waals surface area contributed by atoms with Gasteiger partial charge in [-0.1, -0.05) is 111 Å². The second-order valence-electron chi connectivity index (χ2n) is 18.3. The Balaban J connectivity index is 1.16. The molecule has 2 aliphatic carbocycles. The first-order chi connectivity index (χ1) is 28.5. The number of hydrogen-bond acceptors (Lipinski definition) is 7. The van der Waals surface area contributed by atoms with E-state index >= 15 is 0 Å². The maximum atomic E-state index is 12.6. The van der Waals surface area contributed by atoms with Gasteiger partial charge < -0.3 is 24.3 Å². The molecule has 4 N–H and O–H groups in total. The van der Waals surface area contributed by atoms with E-state index in [9.17, 15) is 23.4 Å². The van der Waals surface area contributed by atoms with Crippen molar-refractivity contribution < 1.29 is 32.6 Å². The molecule has 320 valence electrons. The summed E-state index contributed by atoms with van der Waals surface area (Å²) in [5, 5.41) is 29.4.